The van der Waals surface area contributed by atoms with Crippen molar-refractivity contribution < 1.29 is 4.42 Å². The van der Waals surface area contributed by atoms with Gasteiger partial charge in [0.15, 0.2) is 17.5 Å². The fourth-order valence-corrected chi connectivity index (χ4v) is 8.24. The van der Waals surface area contributed by atoms with E-state index in [4.69, 9.17) is 19.4 Å². The predicted molar refractivity (Wildman–Crippen MR) is 230 cm³/mol. The van der Waals surface area contributed by atoms with Crippen LogP contribution in [-0.4, -0.2) is 19.5 Å². The third-order valence-corrected chi connectivity index (χ3v) is 10.9. The molecule has 0 fully saturated rings. The maximum atomic E-state index is 6.97. The quantitative estimate of drug-likeness (QED) is 0.172. The van der Waals surface area contributed by atoms with Crippen LogP contribution in [0.4, 0.5) is 0 Å². The second-order valence-electron chi connectivity index (χ2n) is 14.3. The molecule has 11 rings (SSSR count). The monoisotopic (exact) mass is 718 g/mol. The van der Waals surface area contributed by atoms with Crippen LogP contribution in [0.3, 0.4) is 0 Å². The van der Waals surface area contributed by atoms with Crippen molar-refractivity contribution >= 4 is 49.4 Å². The van der Waals surface area contributed by atoms with E-state index in [9.17, 15) is 0 Å². The number of aromatic nitrogens is 4. The lowest BCUT2D eigenvalue weighted by Gasteiger charge is -2.14. The van der Waals surface area contributed by atoms with Crippen LogP contribution in [0, 0.1) is 0 Å². The number of benzene rings is 7. The van der Waals surface area contributed by atoms with Gasteiger partial charge < -0.3 is 8.98 Å². The third kappa shape index (κ3) is 5.36. The summed E-state index contributed by atoms with van der Waals surface area (Å²) in [6, 6.07) is 57.2. The number of para-hydroxylation sites is 2. The smallest absolute Gasteiger partial charge is 0.167 e. The van der Waals surface area contributed by atoms with Crippen molar-refractivity contribution in [3.8, 4) is 56.4 Å². The molecule has 0 aliphatic heterocycles. The van der Waals surface area contributed by atoms with Crippen molar-refractivity contribution in [3.05, 3.63) is 182 Å². The van der Waals surface area contributed by atoms with Gasteiger partial charge in [0.25, 0.3) is 0 Å². The van der Waals surface area contributed by atoms with Crippen LogP contribution < -0.4 is 0 Å². The molecule has 0 saturated heterocycles. The molecule has 5 heteroatoms. The second kappa shape index (κ2) is 13.2. The zero-order chi connectivity index (χ0) is 37.0. The minimum atomic E-state index is 0.569. The molecule has 10 aromatic rings. The minimum absolute atomic E-state index is 0.569. The Morgan fingerprint density at radius 1 is 0.429 bits per heavy atom. The highest BCUT2D eigenvalue weighted by Gasteiger charge is 2.21. The summed E-state index contributed by atoms with van der Waals surface area (Å²) in [7, 11) is 0. The Morgan fingerprint density at radius 3 is 1.57 bits per heavy atom. The van der Waals surface area contributed by atoms with Gasteiger partial charge in [-0.1, -0.05) is 146 Å². The van der Waals surface area contributed by atoms with Gasteiger partial charge in [0, 0.05) is 43.9 Å². The summed E-state index contributed by atoms with van der Waals surface area (Å²) in [5, 5.41) is 4.51. The van der Waals surface area contributed by atoms with E-state index in [1.165, 1.54) is 38.6 Å². The molecule has 0 spiro atoms. The number of fused-ring (bicyclic) bond motifs is 6. The molecule has 1 aliphatic rings. The molecule has 3 heterocycles. The average Bonchev–Trinajstić information content (AvgIpc) is 3.83. The number of hydrogen-bond donors (Lipinski definition) is 0. The SMILES string of the molecule is C1=CCCC(n2c3ccc(-c4ccccc4)cc3c3cc(-c4cccc5c4oc4c(-c6nc(-c7ccccc7)nc(-c7ccccc7)n6)cccc45)ccc32)=C1. The van der Waals surface area contributed by atoms with Crippen LogP contribution in [0.1, 0.15) is 12.8 Å². The van der Waals surface area contributed by atoms with Gasteiger partial charge in [0.2, 0.25) is 0 Å². The minimum Gasteiger partial charge on any atom is -0.455 e. The number of hydrogen-bond acceptors (Lipinski definition) is 4. The first-order valence-electron chi connectivity index (χ1n) is 19.1. The Labute approximate surface area is 323 Å². The Kier molecular flexibility index (Phi) is 7.56. The molecular weight excluding hydrogens is 685 g/mol. The van der Waals surface area contributed by atoms with Gasteiger partial charge in [-0.25, -0.2) is 15.0 Å². The third-order valence-electron chi connectivity index (χ3n) is 10.9. The lowest BCUT2D eigenvalue weighted by molar-refractivity contribution is 0.670. The van der Waals surface area contributed by atoms with Gasteiger partial charge in [0.1, 0.15) is 11.2 Å². The molecule has 0 N–H and O–H groups in total. The van der Waals surface area contributed by atoms with Crippen LogP contribution in [0.2, 0.25) is 0 Å². The highest BCUT2D eigenvalue weighted by molar-refractivity contribution is 6.15. The molecule has 0 unspecified atom stereocenters. The summed E-state index contributed by atoms with van der Waals surface area (Å²) in [5.74, 6) is 1.80. The number of furan rings is 1. The summed E-state index contributed by atoms with van der Waals surface area (Å²) in [5.41, 5.74) is 12.5. The second-order valence-corrected chi connectivity index (χ2v) is 14.3. The Bertz CT molecular complexity index is 3120. The van der Waals surface area contributed by atoms with E-state index in [0.717, 1.165) is 62.6 Å². The lowest BCUT2D eigenvalue weighted by Crippen LogP contribution is -2.00. The van der Waals surface area contributed by atoms with Crippen molar-refractivity contribution in [1.82, 2.24) is 19.5 Å². The molecule has 0 radical (unpaired) electrons. The molecule has 0 saturated carbocycles. The standard InChI is InChI=1S/C51H34N4O/c1-5-15-33(16-6-1)36-27-29-45-43(31-36)44-32-37(28-30-46(44)55(45)38-21-11-4-12-22-38)39-23-13-24-40-41-25-14-26-42(48(41)56-47(39)40)51-53-49(34-17-7-2-8-18-34)52-50(54-51)35-19-9-3-10-20-35/h1-11,13-21,23-32H,12,22H2. The van der Waals surface area contributed by atoms with Gasteiger partial charge in [-0.3, -0.25) is 0 Å². The maximum Gasteiger partial charge on any atom is 0.167 e. The normalized spacial score (nSPS) is 12.9. The molecule has 0 bridgehead atoms. The van der Waals surface area contributed by atoms with Crippen LogP contribution in [0.15, 0.2) is 186 Å². The van der Waals surface area contributed by atoms with E-state index < -0.39 is 0 Å². The summed E-state index contributed by atoms with van der Waals surface area (Å²) < 4.78 is 9.42. The summed E-state index contributed by atoms with van der Waals surface area (Å²) in [6.45, 7) is 0. The van der Waals surface area contributed by atoms with Gasteiger partial charge in [-0.2, -0.15) is 0 Å². The van der Waals surface area contributed by atoms with Gasteiger partial charge >= 0.3 is 0 Å². The zero-order valence-corrected chi connectivity index (χ0v) is 30.4. The van der Waals surface area contributed by atoms with Crippen molar-refractivity contribution in [2.45, 2.75) is 12.8 Å². The first-order valence-corrected chi connectivity index (χ1v) is 19.1. The van der Waals surface area contributed by atoms with Crippen LogP contribution in [0.25, 0.3) is 106 Å². The lowest BCUT2D eigenvalue weighted by atomic mass is 9.99. The molecule has 5 nitrogen and oxygen atoms in total. The van der Waals surface area contributed by atoms with Gasteiger partial charge in [0.05, 0.1) is 16.6 Å². The van der Waals surface area contributed by atoms with E-state index in [2.05, 4.69) is 120 Å². The van der Waals surface area contributed by atoms with E-state index >= 15 is 0 Å². The average molecular weight is 719 g/mol. The highest BCUT2D eigenvalue weighted by Crippen LogP contribution is 2.42. The topological polar surface area (TPSA) is 56.7 Å². The first-order chi connectivity index (χ1) is 27.8. The molecule has 264 valence electrons. The molecule has 56 heavy (non-hydrogen) atoms. The van der Waals surface area contributed by atoms with Crippen molar-refractivity contribution in [2.24, 2.45) is 0 Å². The van der Waals surface area contributed by atoms with E-state index in [1.807, 2.05) is 66.7 Å². The molecule has 0 atom stereocenters. The molecule has 7 aromatic carbocycles. The van der Waals surface area contributed by atoms with Crippen molar-refractivity contribution in [3.63, 3.8) is 0 Å². The molecule has 1 aliphatic carbocycles. The van der Waals surface area contributed by atoms with E-state index in [-0.39, 0.29) is 0 Å². The van der Waals surface area contributed by atoms with Crippen molar-refractivity contribution in [1.29, 1.82) is 0 Å². The van der Waals surface area contributed by atoms with Gasteiger partial charge in [-0.05, 0) is 65.9 Å². The molecule has 3 aromatic heterocycles. The Morgan fingerprint density at radius 2 is 0.964 bits per heavy atom. The van der Waals surface area contributed by atoms with Crippen molar-refractivity contribution in [2.75, 3.05) is 0 Å². The summed E-state index contributed by atoms with van der Waals surface area (Å²) in [6.07, 6.45) is 8.72. The Balaban J connectivity index is 1.10. The number of nitrogens with zero attached hydrogens (tertiary/aromatic N) is 4. The van der Waals surface area contributed by atoms with Crippen LogP contribution >= 0.6 is 0 Å². The van der Waals surface area contributed by atoms with E-state index in [1.54, 1.807) is 0 Å². The molecular formula is C51H34N4O. The number of allylic oxidation sites excluding steroid dienone is 4. The first kappa shape index (κ1) is 32.1. The van der Waals surface area contributed by atoms with Gasteiger partial charge in [-0.15, -0.1) is 0 Å². The fourth-order valence-electron chi connectivity index (χ4n) is 8.24. The summed E-state index contributed by atoms with van der Waals surface area (Å²) in [4.78, 5) is 15.0. The van der Waals surface area contributed by atoms with E-state index in [0.29, 0.717) is 17.5 Å². The molecule has 0 amide bonds. The highest BCUT2D eigenvalue weighted by atomic mass is 16.3. The largest absolute Gasteiger partial charge is 0.455 e. The maximum absolute atomic E-state index is 6.97. The Hall–Kier alpha value is -7.37. The van der Waals surface area contributed by atoms with Crippen LogP contribution in [0.5, 0.6) is 0 Å². The predicted octanol–water partition coefficient (Wildman–Crippen LogP) is 13.4. The fraction of sp³-hybridized carbons (Fsp3) is 0.0392. The summed E-state index contributed by atoms with van der Waals surface area (Å²) >= 11 is 0. The zero-order valence-electron chi connectivity index (χ0n) is 30.4. The van der Waals surface area contributed by atoms with Crippen LogP contribution in [-0.2, 0) is 0 Å². The number of rotatable bonds is 6.